The van der Waals surface area contributed by atoms with E-state index in [1.165, 1.54) is 12.1 Å². The molecular formula is C11H8FN3. The zero-order chi connectivity index (χ0) is 10.8. The SMILES string of the molecule is N#Cc1ccn(-c2ccc(F)cc2)c1N. The van der Waals surface area contributed by atoms with Crippen LogP contribution in [0.15, 0.2) is 36.5 Å². The largest absolute Gasteiger partial charge is 0.384 e. The fourth-order valence-electron chi connectivity index (χ4n) is 1.37. The fourth-order valence-corrected chi connectivity index (χ4v) is 1.37. The number of benzene rings is 1. The molecule has 0 aliphatic rings. The molecule has 0 aliphatic heterocycles. The molecule has 0 saturated carbocycles. The van der Waals surface area contributed by atoms with Crippen LogP contribution < -0.4 is 5.73 Å². The van der Waals surface area contributed by atoms with Gasteiger partial charge in [-0.25, -0.2) is 4.39 Å². The summed E-state index contributed by atoms with van der Waals surface area (Å²) in [6.45, 7) is 0. The molecule has 74 valence electrons. The van der Waals surface area contributed by atoms with Crippen molar-refractivity contribution < 1.29 is 4.39 Å². The van der Waals surface area contributed by atoms with E-state index in [1.54, 1.807) is 29.0 Å². The molecule has 1 heterocycles. The molecule has 0 amide bonds. The second-order valence-corrected chi connectivity index (χ2v) is 3.07. The van der Waals surface area contributed by atoms with Crippen LogP contribution >= 0.6 is 0 Å². The molecule has 1 aromatic heterocycles. The Morgan fingerprint density at radius 1 is 1.20 bits per heavy atom. The summed E-state index contributed by atoms with van der Waals surface area (Å²) in [5.41, 5.74) is 6.88. The van der Waals surface area contributed by atoms with Crippen molar-refractivity contribution in [2.24, 2.45) is 0 Å². The fraction of sp³-hybridized carbons (Fsp3) is 0. The number of nitrogens with two attached hydrogens (primary N) is 1. The van der Waals surface area contributed by atoms with Gasteiger partial charge in [-0.2, -0.15) is 5.26 Å². The van der Waals surface area contributed by atoms with Gasteiger partial charge in [0.25, 0.3) is 0 Å². The van der Waals surface area contributed by atoms with E-state index in [-0.39, 0.29) is 5.82 Å². The van der Waals surface area contributed by atoms with Gasteiger partial charge in [-0.3, -0.25) is 0 Å². The molecule has 0 fully saturated rings. The van der Waals surface area contributed by atoms with Gasteiger partial charge in [0.2, 0.25) is 0 Å². The van der Waals surface area contributed by atoms with E-state index in [9.17, 15) is 4.39 Å². The Labute approximate surface area is 86.2 Å². The van der Waals surface area contributed by atoms with E-state index >= 15 is 0 Å². The lowest BCUT2D eigenvalue weighted by molar-refractivity contribution is 0.627. The van der Waals surface area contributed by atoms with Crippen molar-refractivity contribution in [1.29, 1.82) is 5.26 Å². The van der Waals surface area contributed by atoms with Gasteiger partial charge >= 0.3 is 0 Å². The molecule has 4 heteroatoms. The average molecular weight is 201 g/mol. The first-order valence-electron chi connectivity index (χ1n) is 4.35. The van der Waals surface area contributed by atoms with Crippen molar-refractivity contribution in [3.05, 3.63) is 47.9 Å². The van der Waals surface area contributed by atoms with Crippen molar-refractivity contribution in [1.82, 2.24) is 4.57 Å². The van der Waals surface area contributed by atoms with Crippen LogP contribution in [0.25, 0.3) is 5.69 Å². The topological polar surface area (TPSA) is 54.7 Å². The smallest absolute Gasteiger partial charge is 0.126 e. The summed E-state index contributed by atoms with van der Waals surface area (Å²) < 4.78 is 14.3. The maximum atomic E-state index is 12.7. The Hall–Kier alpha value is -2.28. The molecule has 0 saturated heterocycles. The Kier molecular flexibility index (Phi) is 2.14. The number of hydrogen-bond acceptors (Lipinski definition) is 2. The third-order valence-corrected chi connectivity index (χ3v) is 2.15. The molecule has 15 heavy (non-hydrogen) atoms. The maximum Gasteiger partial charge on any atom is 0.126 e. The van der Waals surface area contributed by atoms with Crippen LogP contribution in [0.2, 0.25) is 0 Å². The molecule has 1 aromatic carbocycles. The van der Waals surface area contributed by atoms with E-state index in [4.69, 9.17) is 11.0 Å². The lowest BCUT2D eigenvalue weighted by Gasteiger charge is -2.05. The number of halogens is 1. The molecule has 3 nitrogen and oxygen atoms in total. The molecule has 0 bridgehead atoms. The van der Waals surface area contributed by atoms with Crippen LogP contribution in [0.3, 0.4) is 0 Å². The Balaban J connectivity index is 2.51. The highest BCUT2D eigenvalue weighted by atomic mass is 19.1. The van der Waals surface area contributed by atoms with Crippen LogP contribution in [-0.2, 0) is 0 Å². The third-order valence-electron chi connectivity index (χ3n) is 2.15. The number of hydrogen-bond donors (Lipinski definition) is 1. The highest BCUT2D eigenvalue weighted by molar-refractivity contribution is 5.55. The van der Waals surface area contributed by atoms with E-state index in [2.05, 4.69) is 0 Å². The quantitative estimate of drug-likeness (QED) is 0.767. The van der Waals surface area contributed by atoms with Gasteiger partial charge in [0, 0.05) is 11.9 Å². The normalized spacial score (nSPS) is 9.87. The minimum atomic E-state index is -0.301. The van der Waals surface area contributed by atoms with Gasteiger partial charge < -0.3 is 10.3 Å². The first kappa shape index (κ1) is 9.28. The lowest BCUT2D eigenvalue weighted by Crippen LogP contribution is -1.99. The van der Waals surface area contributed by atoms with E-state index in [1.807, 2.05) is 6.07 Å². The molecular weight excluding hydrogens is 193 g/mol. The molecule has 0 spiro atoms. The van der Waals surface area contributed by atoms with E-state index < -0.39 is 0 Å². The van der Waals surface area contributed by atoms with Crippen LogP contribution in [0.1, 0.15) is 5.56 Å². The minimum Gasteiger partial charge on any atom is -0.384 e. The van der Waals surface area contributed by atoms with Gasteiger partial charge in [-0.1, -0.05) is 0 Å². The summed E-state index contributed by atoms with van der Waals surface area (Å²) in [6.07, 6.45) is 1.68. The molecule has 0 unspecified atom stereocenters. The number of rotatable bonds is 1. The van der Waals surface area contributed by atoms with Gasteiger partial charge in [-0.05, 0) is 30.3 Å². The second kappa shape index (κ2) is 3.46. The zero-order valence-corrected chi connectivity index (χ0v) is 7.81. The van der Waals surface area contributed by atoms with Crippen LogP contribution in [0.5, 0.6) is 0 Å². The third kappa shape index (κ3) is 1.55. The number of aromatic nitrogens is 1. The molecule has 2 rings (SSSR count). The highest BCUT2D eigenvalue weighted by Crippen LogP contribution is 2.18. The monoisotopic (exact) mass is 201 g/mol. The number of nitrogen functional groups attached to an aromatic ring is 1. The Morgan fingerprint density at radius 2 is 1.87 bits per heavy atom. The summed E-state index contributed by atoms with van der Waals surface area (Å²) in [5, 5.41) is 8.72. The second-order valence-electron chi connectivity index (χ2n) is 3.07. The summed E-state index contributed by atoms with van der Waals surface area (Å²) in [7, 11) is 0. The molecule has 0 radical (unpaired) electrons. The summed E-state index contributed by atoms with van der Waals surface area (Å²) in [6, 6.07) is 9.50. The van der Waals surface area contributed by atoms with Crippen molar-refractivity contribution in [3.8, 4) is 11.8 Å². The lowest BCUT2D eigenvalue weighted by atomic mass is 10.3. The number of nitrogens with zero attached hydrogens (tertiary/aromatic N) is 2. The van der Waals surface area contributed by atoms with Gasteiger partial charge in [-0.15, -0.1) is 0 Å². The summed E-state index contributed by atoms with van der Waals surface area (Å²) in [5.74, 6) is 0.0640. The van der Waals surface area contributed by atoms with Crippen molar-refractivity contribution >= 4 is 5.82 Å². The highest BCUT2D eigenvalue weighted by Gasteiger charge is 2.05. The molecule has 0 aliphatic carbocycles. The van der Waals surface area contributed by atoms with E-state index in [0.29, 0.717) is 11.4 Å². The van der Waals surface area contributed by atoms with Gasteiger partial charge in [0.15, 0.2) is 0 Å². The van der Waals surface area contributed by atoms with E-state index in [0.717, 1.165) is 5.69 Å². The van der Waals surface area contributed by atoms with Crippen molar-refractivity contribution in [3.63, 3.8) is 0 Å². The molecule has 0 atom stereocenters. The standard InChI is InChI=1S/C11H8FN3/c12-9-1-3-10(4-2-9)15-6-5-8(7-13)11(15)14/h1-6H,14H2. The van der Waals surface area contributed by atoms with Gasteiger partial charge in [0.1, 0.15) is 17.7 Å². The number of anilines is 1. The maximum absolute atomic E-state index is 12.7. The number of nitriles is 1. The molecule has 2 N–H and O–H groups in total. The zero-order valence-electron chi connectivity index (χ0n) is 7.81. The Morgan fingerprint density at radius 3 is 2.40 bits per heavy atom. The predicted octanol–water partition coefficient (Wildman–Crippen LogP) is 2.07. The average Bonchev–Trinajstić information content (AvgIpc) is 2.61. The Bertz CT molecular complexity index is 520. The van der Waals surface area contributed by atoms with Crippen LogP contribution in [0.4, 0.5) is 10.2 Å². The predicted molar refractivity (Wildman–Crippen MR) is 54.9 cm³/mol. The minimum absolute atomic E-state index is 0.301. The summed E-state index contributed by atoms with van der Waals surface area (Å²) in [4.78, 5) is 0. The first-order chi connectivity index (χ1) is 7.22. The summed E-state index contributed by atoms with van der Waals surface area (Å²) >= 11 is 0. The van der Waals surface area contributed by atoms with Crippen LogP contribution in [-0.4, -0.2) is 4.57 Å². The molecule has 2 aromatic rings. The van der Waals surface area contributed by atoms with Crippen molar-refractivity contribution in [2.75, 3.05) is 5.73 Å². The van der Waals surface area contributed by atoms with Crippen LogP contribution in [0, 0.1) is 17.1 Å². The van der Waals surface area contributed by atoms with Gasteiger partial charge in [0.05, 0.1) is 5.56 Å². The first-order valence-corrected chi connectivity index (χ1v) is 4.35. The van der Waals surface area contributed by atoms with Crippen molar-refractivity contribution in [2.45, 2.75) is 0 Å².